The number of anilines is 1. The van der Waals surface area contributed by atoms with E-state index in [1.54, 1.807) is 32.0 Å². The van der Waals surface area contributed by atoms with E-state index in [9.17, 15) is 20.2 Å². The fourth-order valence-electron chi connectivity index (χ4n) is 2.87. The SMILES string of the molecule is Cc1ccc2c(N(C)C)c(C#N)c(=O)n(-c3ccc([N+](=O)[O-])cc3)c2n1. The molecule has 8 heteroatoms. The lowest BCUT2D eigenvalue weighted by atomic mass is 10.1. The maximum Gasteiger partial charge on any atom is 0.276 e. The van der Waals surface area contributed by atoms with Gasteiger partial charge in [0, 0.05) is 37.3 Å². The largest absolute Gasteiger partial charge is 0.376 e. The first-order valence-electron chi connectivity index (χ1n) is 7.73. The normalized spacial score (nSPS) is 10.5. The van der Waals surface area contributed by atoms with Gasteiger partial charge in [0.25, 0.3) is 11.2 Å². The number of aromatic nitrogens is 2. The molecule has 0 saturated carbocycles. The number of aryl methyl sites for hydroxylation is 1. The smallest absolute Gasteiger partial charge is 0.276 e. The van der Waals surface area contributed by atoms with Crippen LogP contribution in [0, 0.1) is 28.4 Å². The number of nitro benzene ring substituents is 1. The molecule has 0 unspecified atom stereocenters. The van der Waals surface area contributed by atoms with Crippen LogP contribution in [0.25, 0.3) is 16.7 Å². The van der Waals surface area contributed by atoms with Crippen LogP contribution >= 0.6 is 0 Å². The number of nitriles is 1. The van der Waals surface area contributed by atoms with Gasteiger partial charge in [0.15, 0.2) is 0 Å². The number of nitro groups is 1. The Hall–Kier alpha value is -3.73. The summed E-state index contributed by atoms with van der Waals surface area (Å²) >= 11 is 0. The average molecular weight is 349 g/mol. The fourth-order valence-corrected chi connectivity index (χ4v) is 2.87. The van der Waals surface area contributed by atoms with Gasteiger partial charge in [-0.15, -0.1) is 0 Å². The molecule has 0 atom stereocenters. The van der Waals surface area contributed by atoms with Crippen LogP contribution in [-0.2, 0) is 0 Å². The third-order valence-corrected chi connectivity index (χ3v) is 4.01. The van der Waals surface area contributed by atoms with Crippen LogP contribution in [0.1, 0.15) is 11.3 Å². The number of fused-ring (bicyclic) bond motifs is 1. The summed E-state index contributed by atoms with van der Waals surface area (Å²) in [6.45, 7) is 1.80. The van der Waals surface area contributed by atoms with Crippen LogP contribution in [-0.4, -0.2) is 28.6 Å². The van der Waals surface area contributed by atoms with Crippen molar-refractivity contribution in [3.8, 4) is 11.8 Å². The molecule has 2 aromatic heterocycles. The van der Waals surface area contributed by atoms with Gasteiger partial charge in [0.2, 0.25) is 0 Å². The molecule has 3 rings (SSSR count). The topological polar surface area (TPSA) is 105 Å². The Kier molecular flexibility index (Phi) is 4.14. The molecule has 0 bridgehead atoms. The highest BCUT2D eigenvalue weighted by molar-refractivity contribution is 5.93. The molecule has 26 heavy (non-hydrogen) atoms. The van der Waals surface area contributed by atoms with Crippen molar-refractivity contribution in [2.75, 3.05) is 19.0 Å². The van der Waals surface area contributed by atoms with Crippen molar-refractivity contribution in [3.63, 3.8) is 0 Å². The first kappa shape index (κ1) is 17.1. The molecule has 0 aliphatic heterocycles. The average Bonchev–Trinajstić information content (AvgIpc) is 2.60. The zero-order chi connectivity index (χ0) is 19.0. The molecular weight excluding hydrogens is 334 g/mol. The van der Waals surface area contributed by atoms with Gasteiger partial charge in [0.1, 0.15) is 17.3 Å². The third kappa shape index (κ3) is 2.65. The summed E-state index contributed by atoms with van der Waals surface area (Å²) in [5.41, 5.74) is 1.40. The molecule has 2 heterocycles. The second-order valence-corrected chi connectivity index (χ2v) is 5.97. The number of hydrogen-bond acceptors (Lipinski definition) is 6. The van der Waals surface area contributed by atoms with Crippen LogP contribution in [0.3, 0.4) is 0 Å². The van der Waals surface area contributed by atoms with E-state index in [1.807, 2.05) is 12.1 Å². The second kappa shape index (κ2) is 6.29. The van der Waals surface area contributed by atoms with Gasteiger partial charge in [-0.25, -0.2) is 4.98 Å². The highest BCUT2D eigenvalue weighted by Crippen LogP contribution is 2.28. The summed E-state index contributed by atoms with van der Waals surface area (Å²) in [6, 6.07) is 11.2. The fraction of sp³-hybridized carbons (Fsp3) is 0.167. The minimum atomic E-state index is -0.518. The monoisotopic (exact) mass is 349 g/mol. The van der Waals surface area contributed by atoms with Crippen molar-refractivity contribution in [1.29, 1.82) is 5.26 Å². The van der Waals surface area contributed by atoms with Crippen LogP contribution in [0.15, 0.2) is 41.2 Å². The molecule has 8 nitrogen and oxygen atoms in total. The van der Waals surface area contributed by atoms with Crippen LogP contribution in [0.5, 0.6) is 0 Å². The molecule has 0 amide bonds. The van der Waals surface area contributed by atoms with Gasteiger partial charge >= 0.3 is 0 Å². The lowest BCUT2D eigenvalue weighted by Crippen LogP contribution is -2.26. The van der Waals surface area contributed by atoms with E-state index in [4.69, 9.17) is 0 Å². The standard InChI is InChI=1S/C18H15N5O3/c1-11-4-9-14-16(21(2)3)15(10-19)18(24)22(17(14)20-11)12-5-7-13(8-6-12)23(25)26/h4-9H,1-3H3. The Morgan fingerprint density at radius 1 is 1.19 bits per heavy atom. The maximum atomic E-state index is 13.0. The van der Waals surface area contributed by atoms with Crippen LogP contribution in [0.4, 0.5) is 11.4 Å². The molecule has 0 aliphatic rings. The first-order valence-corrected chi connectivity index (χ1v) is 7.73. The van der Waals surface area contributed by atoms with Crippen molar-refractivity contribution in [2.45, 2.75) is 6.92 Å². The van der Waals surface area contributed by atoms with E-state index in [-0.39, 0.29) is 11.3 Å². The van der Waals surface area contributed by atoms with Crippen molar-refractivity contribution in [3.05, 3.63) is 68.1 Å². The van der Waals surface area contributed by atoms with Crippen molar-refractivity contribution in [2.24, 2.45) is 0 Å². The maximum absolute atomic E-state index is 13.0. The molecule has 3 aromatic rings. The van der Waals surface area contributed by atoms with E-state index in [2.05, 4.69) is 4.98 Å². The van der Waals surface area contributed by atoms with Gasteiger partial charge in [-0.05, 0) is 31.2 Å². The third-order valence-electron chi connectivity index (χ3n) is 4.01. The zero-order valence-corrected chi connectivity index (χ0v) is 14.4. The van der Waals surface area contributed by atoms with Gasteiger partial charge in [-0.1, -0.05) is 0 Å². The van der Waals surface area contributed by atoms with E-state index >= 15 is 0 Å². The van der Waals surface area contributed by atoms with Crippen molar-refractivity contribution < 1.29 is 4.92 Å². The first-order chi connectivity index (χ1) is 12.3. The van der Waals surface area contributed by atoms with E-state index in [0.717, 1.165) is 0 Å². The predicted molar refractivity (Wildman–Crippen MR) is 97.8 cm³/mol. The minimum Gasteiger partial charge on any atom is -0.376 e. The second-order valence-electron chi connectivity index (χ2n) is 5.97. The lowest BCUT2D eigenvalue weighted by Gasteiger charge is -2.19. The number of benzene rings is 1. The summed E-state index contributed by atoms with van der Waals surface area (Å²) in [5, 5.41) is 21.1. The summed E-state index contributed by atoms with van der Waals surface area (Å²) in [7, 11) is 3.51. The predicted octanol–water partition coefficient (Wildman–Crippen LogP) is 2.54. The number of hydrogen-bond donors (Lipinski definition) is 0. The molecule has 0 saturated heterocycles. The molecule has 0 aliphatic carbocycles. The van der Waals surface area contributed by atoms with Gasteiger partial charge in [-0.2, -0.15) is 5.26 Å². The van der Waals surface area contributed by atoms with E-state index < -0.39 is 10.5 Å². The molecule has 130 valence electrons. The molecule has 0 spiro atoms. The Bertz CT molecular complexity index is 1120. The summed E-state index contributed by atoms with van der Waals surface area (Å²) < 4.78 is 1.32. The molecular formula is C18H15N5O3. The number of pyridine rings is 2. The van der Waals surface area contributed by atoms with Crippen LogP contribution in [0.2, 0.25) is 0 Å². The number of rotatable bonds is 3. The van der Waals surface area contributed by atoms with Crippen molar-refractivity contribution in [1.82, 2.24) is 9.55 Å². The molecule has 0 fully saturated rings. The number of non-ortho nitro benzene ring substituents is 1. The summed E-state index contributed by atoms with van der Waals surface area (Å²) in [5.74, 6) is 0. The summed E-state index contributed by atoms with van der Waals surface area (Å²) in [4.78, 5) is 29.6. The van der Waals surface area contributed by atoms with Crippen molar-refractivity contribution >= 4 is 22.4 Å². The Morgan fingerprint density at radius 2 is 1.85 bits per heavy atom. The number of nitrogens with zero attached hydrogens (tertiary/aromatic N) is 5. The highest BCUT2D eigenvalue weighted by atomic mass is 16.6. The zero-order valence-electron chi connectivity index (χ0n) is 14.4. The van der Waals surface area contributed by atoms with E-state index in [0.29, 0.717) is 28.1 Å². The van der Waals surface area contributed by atoms with Gasteiger partial charge < -0.3 is 4.90 Å². The summed E-state index contributed by atoms with van der Waals surface area (Å²) in [6.07, 6.45) is 0. The van der Waals surface area contributed by atoms with Crippen LogP contribution < -0.4 is 10.5 Å². The molecule has 0 radical (unpaired) electrons. The Balaban J connectivity index is 2.46. The molecule has 0 N–H and O–H groups in total. The van der Waals surface area contributed by atoms with Gasteiger partial charge in [0.05, 0.1) is 16.3 Å². The quantitative estimate of drug-likeness (QED) is 0.531. The van der Waals surface area contributed by atoms with Gasteiger partial charge in [-0.3, -0.25) is 19.5 Å². The molecule has 1 aromatic carbocycles. The lowest BCUT2D eigenvalue weighted by molar-refractivity contribution is -0.384. The Morgan fingerprint density at radius 3 is 2.38 bits per heavy atom. The Labute approximate surface area is 148 Å². The minimum absolute atomic E-state index is 0.00786. The highest BCUT2D eigenvalue weighted by Gasteiger charge is 2.20. The van der Waals surface area contributed by atoms with E-state index in [1.165, 1.54) is 28.8 Å².